The number of hydrazine groups is 1. The quantitative estimate of drug-likeness (QED) is 0.262. The van der Waals surface area contributed by atoms with Crippen LogP contribution in [0.5, 0.6) is 0 Å². The SMILES string of the molecule is C[C@@H](NN[C@@H](CC(=O)O)C(=O)O)[C@H](CC(=O)O)C(=O)O. The van der Waals surface area contributed by atoms with Gasteiger partial charge in [-0.05, 0) is 6.92 Å². The maximum atomic E-state index is 10.9. The molecule has 0 aromatic carbocycles. The molecule has 20 heavy (non-hydrogen) atoms. The normalized spacial score (nSPS) is 15.1. The van der Waals surface area contributed by atoms with Gasteiger partial charge in [-0.15, -0.1) is 0 Å². The Morgan fingerprint density at radius 3 is 1.70 bits per heavy atom. The van der Waals surface area contributed by atoms with Crippen LogP contribution in [-0.2, 0) is 19.2 Å². The van der Waals surface area contributed by atoms with Gasteiger partial charge in [-0.25, -0.2) is 5.43 Å². The minimum absolute atomic E-state index is 0.651. The molecule has 0 aliphatic heterocycles. The van der Waals surface area contributed by atoms with E-state index < -0.39 is 54.7 Å². The number of carboxylic acid groups (broad SMARTS) is 4. The van der Waals surface area contributed by atoms with E-state index in [2.05, 4.69) is 10.9 Å². The molecule has 6 N–H and O–H groups in total. The van der Waals surface area contributed by atoms with E-state index >= 15 is 0 Å². The van der Waals surface area contributed by atoms with Crippen molar-refractivity contribution in [3.8, 4) is 0 Å². The van der Waals surface area contributed by atoms with Gasteiger partial charge in [0.05, 0.1) is 18.8 Å². The van der Waals surface area contributed by atoms with Crippen molar-refractivity contribution in [2.24, 2.45) is 5.92 Å². The zero-order chi connectivity index (χ0) is 15.9. The van der Waals surface area contributed by atoms with Crippen molar-refractivity contribution in [1.29, 1.82) is 0 Å². The van der Waals surface area contributed by atoms with Crippen LogP contribution in [-0.4, -0.2) is 56.4 Å². The van der Waals surface area contributed by atoms with E-state index in [4.69, 9.17) is 20.4 Å². The van der Waals surface area contributed by atoms with E-state index in [1.54, 1.807) is 0 Å². The standard InChI is InChI=1S/C10H16N2O8/c1-4(5(9(17)18)2-7(13)14)11-12-6(10(19)20)3-8(15)16/h4-6,11-12H,2-3H2,1H3,(H,13,14)(H,15,16)(H,17,18)(H,19,20)/t4-,5+,6+/m1/s1. The molecule has 0 amide bonds. The van der Waals surface area contributed by atoms with Crippen molar-refractivity contribution < 1.29 is 39.6 Å². The van der Waals surface area contributed by atoms with Crippen molar-refractivity contribution in [2.45, 2.75) is 31.8 Å². The van der Waals surface area contributed by atoms with Gasteiger partial charge in [-0.1, -0.05) is 0 Å². The zero-order valence-electron chi connectivity index (χ0n) is 10.6. The second-order valence-electron chi connectivity index (χ2n) is 4.11. The third-order valence-corrected chi connectivity index (χ3v) is 2.48. The second kappa shape index (κ2) is 8.07. The number of rotatable bonds is 10. The molecule has 3 atom stereocenters. The Balaban J connectivity index is 4.58. The molecule has 0 saturated carbocycles. The Morgan fingerprint density at radius 1 is 0.850 bits per heavy atom. The zero-order valence-corrected chi connectivity index (χ0v) is 10.6. The number of nitrogens with one attached hydrogen (secondary N) is 2. The summed E-state index contributed by atoms with van der Waals surface area (Å²) in [4.78, 5) is 42.6. The maximum Gasteiger partial charge on any atom is 0.322 e. The average Bonchev–Trinajstić information content (AvgIpc) is 2.29. The molecule has 0 aromatic heterocycles. The molecular weight excluding hydrogens is 276 g/mol. The Morgan fingerprint density at radius 2 is 1.35 bits per heavy atom. The van der Waals surface area contributed by atoms with Gasteiger partial charge in [0.25, 0.3) is 0 Å². The molecule has 0 bridgehead atoms. The van der Waals surface area contributed by atoms with Crippen LogP contribution in [0.2, 0.25) is 0 Å². The molecule has 10 heteroatoms. The number of hydrogen-bond donors (Lipinski definition) is 6. The van der Waals surface area contributed by atoms with E-state index in [1.165, 1.54) is 6.92 Å². The lowest BCUT2D eigenvalue weighted by molar-refractivity contribution is -0.149. The van der Waals surface area contributed by atoms with Crippen molar-refractivity contribution in [3.05, 3.63) is 0 Å². The van der Waals surface area contributed by atoms with Crippen LogP contribution in [0.15, 0.2) is 0 Å². The van der Waals surface area contributed by atoms with Crippen LogP contribution in [0.4, 0.5) is 0 Å². The summed E-state index contributed by atoms with van der Waals surface area (Å²) in [7, 11) is 0. The van der Waals surface area contributed by atoms with Gasteiger partial charge >= 0.3 is 23.9 Å². The lowest BCUT2D eigenvalue weighted by Crippen LogP contribution is -2.53. The fraction of sp³-hybridized carbons (Fsp3) is 0.600. The predicted octanol–water partition coefficient (Wildman–Crippen LogP) is -1.43. The van der Waals surface area contributed by atoms with E-state index in [-0.39, 0.29) is 0 Å². The van der Waals surface area contributed by atoms with Gasteiger partial charge < -0.3 is 20.4 Å². The van der Waals surface area contributed by atoms with E-state index in [0.717, 1.165) is 0 Å². The van der Waals surface area contributed by atoms with Crippen LogP contribution in [0.25, 0.3) is 0 Å². The minimum atomic E-state index is -1.46. The van der Waals surface area contributed by atoms with Crippen molar-refractivity contribution in [3.63, 3.8) is 0 Å². The molecule has 0 aromatic rings. The summed E-state index contributed by atoms with van der Waals surface area (Å²) in [5.41, 5.74) is 4.49. The highest BCUT2D eigenvalue weighted by Gasteiger charge is 2.29. The summed E-state index contributed by atoms with van der Waals surface area (Å²) in [5, 5.41) is 34.7. The summed E-state index contributed by atoms with van der Waals surface area (Å²) in [6.45, 7) is 1.34. The van der Waals surface area contributed by atoms with E-state index in [1.807, 2.05) is 0 Å². The third kappa shape index (κ3) is 6.66. The smallest absolute Gasteiger partial charge is 0.322 e. The summed E-state index contributed by atoms with van der Waals surface area (Å²) < 4.78 is 0. The summed E-state index contributed by atoms with van der Waals surface area (Å²) >= 11 is 0. The van der Waals surface area contributed by atoms with Crippen molar-refractivity contribution in [1.82, 2.24) is 10.9 Å². The molecule has 0 rings (SSSR count). The first-order valence-corrected chi connectivity index (χ1v) is 5.55. The van der Waals surface area contributed by atoms with Gasteiger partial charge in [0.15, 0.2) is 0 Å². The predicted molar refractivity (Wildman–Crippen MR) is 62.8 cm³/mol. The molecule has 0 unspecified atom stereocenters. The fourth-order valence-electron chi connectivity index (χ4n) is 1.37. The largest absolute Gasteiger partial charge is 0.481 e. The molecule has 114 valence electrons. The van der Waals surface area contributed by atoms with Gasteiger partial charge in [0.1, 0.15) is 6.04 Å². The van der Waals surface area contributed by atoms with Gasteiger partial charge in [-0.2, -0.15) is 0 Å². The Bertz CT molecular complexity index is 397. The lowest BCUT2D eigenvalue weighted by atomic mass is 9.98. The third-order valence-electron chi connectivity index (χ3n) is 2.48. The van der Waals surface area contributed by atoms with Crippen LogP contribution < -0.4 is 10.9 Å². The molecule has 0 spiro atoms. The van der Waals surface area contributed by atoms with Crippen molar-refractivity contribution in [2.75, 3.05) is 0 Å². The van der Waals surface area contributed by atoms with Crippen LogP contribution >= 0.6 is 0 Å². The number of carbonyl (C=O) groups is 4. The van der Waals surface area contributed by atoms with Gasteiger partial charge in [0, 0.05) is 6.04 Å². The highest BCUT2D eigenvalue weighted by molar-refractivity contribution is 5.80. The molecule has 10 nitrogen and oxygen atoms in total. The van der Waals surface area contributed by atoms with Gasteiger partial charge in [0.2, 0.25) is 0 Å². The first-order valence-electron chi connectivity index (χ1n) is 5.55. The van der Waals surface area contributed by atoms with E-state index in [9.17, 15) is 19.2 Å². The summed E-state index contributed by atoms with van der Waals surface area (Å²) in [6.07, 6.45) is -1.37. The molecular formula is C10H16N2O8. The maximum absolute atomic E-state index is 10.9. The fourth-order valence-corrected chi connectivity index (χ4v) is 1.37. The van der Waals surface area contributed by atoms with E-state index in [0.29, 0.717) is 0 Å². The minimum Gasteiger partial charge on any atom is -0.481 e. The molecule has 0 aliphatic rings. The van der Waals surface area contributed by atoms with Crippen LogP contribution in [0, 0.1) is 5.92 Å². The number of hydrogen-bond acceptors (Lipinski definition) is 6. The number of carboxylic acids is 4. The Kier molecular flexibility index (Phi) is 7.18. The highest BCUT2D eigenvalue weighted by atomic mass is 16.4. The molecule has 0 heterocycles. The monoisotopic (exact) mass is 292 g/mol. The highest BCUT2D eigenvalue weighted by Crippen LogP contribution is 2.09. The van der Waals surface area contributed by atoms with Crippen molar-refractivity contribution >= 4 is 23.9 Å². The topological polar surface area (TPSA) is 173 Å². The lowest BCUT2D eigenvalue weighted by Gasteiger charge is -2.22. The molecule has 0 fully saturated rings. The van der Waals surface area contributed by atoms with Gasteiger partial charge in [-0.3, -0.25) is 24.6 Å². The second-order valence-corrected chi connectivity index (χ2v) is 4.11. The van der Waals surface area contributed by atoms with Crippen LogP contribution in [0.1, 0.15) is 19.8 Å². The number of aliphatic carboxylic acids is 4. The molecule has 0 aliphatic carbocycles. The first-order chi connectivity index (χ1) is 9.15. The molecule has 0 saturated heterocycles. The Labute approximate surface area is 113 Å². The molecule has 0 radical (unpaired) electrons. The average molecular weight is 292 g/mol. The first kappa shape index (κ1) is 17.8. The van der Waals surface area contributed by atoms with Crippen LogP contribution in [0.3, 0.4) is 0 Å². The summed E-state index contributed by atoms with van der Waals surface area (Å²) in [5.74, 6) is -6.75. The summed E-state index contributed by atoms with van der Waals surface area (Å²) in [6, 6.07) is -2.38. The Hall–Kier alpha value is -2.20.